The van der Waals surface area contributed by atoms with Gasteiger partial charge >= 0.3 is 0 Å². The van der Waals surface area contributed by atoms with Gasteiger partial charge in [-0.1, -0.05) is 0 Å². The van der Waals surface area contributed by atoms with Crippen LogP contribution >= 0.6 is 0 Å². The Bertz CT molecular complexity index is 632. The number of amides is 1. The predicted octanol–water partition coefficient (Wildman–Crippen LogP) is -0.259. The van der Waals surface area contributed by atoms with Crippen LogP contribution in [0.15, 0.2) is 5.10 Å². The minimum Gasteiger partial charge on any atom is -0.387 e. The largest absolute Gasteiger partial charge is 0.387 e. The molecular weight excluding hydrogens is 270 g/mol. The summed E-state index contributed by atoms with van der Waals surface area (Å²) >= 11 is 0. The normalized spacial score (nSPS) is 23.2. The van der Waals surface area contributed by atoms with Crippen LogP contribution in [0.5, 0.6) is 0 Å². The Kier molecular flexibility index (Phi) is 2.87. The maximum Gasteiger partial charge on any atom is 0.292 e. The van der Waals surface area contributed by atoms with Gasteiger partial charge in [-0.25, -0.2) is 5.01 Å². The highest BCUT2D eigenvalue weighted by molar-refractivity contribution is 5.98. The van der Waals surface area contributed by atoms with Gasteiger partial charge in [-0.2, -0.15) is 10.2 Å². The maximum absolute atomic E-state index is 12.6. The molecule has 7 nitrogen and oxygen atoms in total. The first-order chi connectivity index (χ1) is 10.1. The molecule has 0 radical (unpaired) electrons. The van der Waals surface area contributed by atoms with Crippen molar-refractivity contribution in [1.29, 1.82) is 0 Å². The van der Waals surface area contributed by atoms with Gasteiger partial charge in [-0.3, -0.25) is 9.48 Å². The number of carbonyl (C=O) groups excluding carboxylic acids is 1. The summed E-state index contributed by atoms with van der Waals surface area (Å²) in [7, 11) is 1.65. The molecule has 21 heavy (non-hydrogen) atoms. The third-order valence-corrected chi connectivity index (χ3v) is 4.47. The Balaban J connectivity index is 1.76. The lowest BCUT2D eigenvalue weighted by Gasteiger charge is -2.15. The van der Waals surface area contributed by atoms with Gasteiger partial charge in [-0.05, 0) is 18.8 Å². The van der Waals surface area contributed by atoms with Crippen LogP contribution in [-0.4, -0.2) is 51.2 Å². The summed E-state index contributed by atoms with van der Waals surface area (Å²) in [5.41, 5.74) is 3.23. The SMILES string of the molecule is CN1N=C(C(O)C2CC2)Cn2nc3c(c2C1=O)CNCC3. The van der Waals surface area contributed by atoms with E-state index in [0.29, 0.717) is 30.4 Å². The van der Waals surface area contributed by atoms with Crippen LogP contribution < -0.4 is 5.32 Å². The Hall–Kier alpha value is -1.73. The minimum absolute atomic E-state index is 0.148. The van der Waals surface area contributed by atoms with E-state index in [9.17, 15) is 9.90 Å². The Morgan fingerprint density at radius 1 is 1.43 bits per heavy atom. The molecule has 7 heteroatoms. The lowest BCUT2D eigenvalue weighted by molar-refractivity contribution is 0.0790. The van der Waals surface area contributed by atoms with E-state index in [0.717, 1.165) is 37.1 Å². The van der Waals surface area contributed by atoms with Gasteiger partial charge in [0.05, 0.1) is 24.1 Å². The smallest absolute Gasteiger partial charge is 0.292 e. The van der Waals surface area contributed by atoms with Crippen molar-refractivity contribution in [3.05, 3.63) is 17.0 Å². The summed E-state index contributed by atoms with van der Waals surface area (Å²) in [6.45, 7) is 1.96. The molecule has 1 saturated carbocycles. The van der Waals surface area contributed by atoms with E-state index in [1.54, 1.807) is 11.7 Å². The Morgan fingerprint density at radius 2 is 2.24 bits per heavy atom. The zero-order valence-electron chi connectivity index (χ0n) is 12.0. The molecule has 1 amide bonds. The molecule has 2 N–H and O–H groups in total. The molecule has 1 aromatic heterocycles. The second-order valence-corrected chi connectivity index (χ2v) is 6.06. The van der Waals surface area contributed by atoms with E-state index < -0.39 is 6.10 Å². The van der Waals surface area contributed by atoms with Gasteiger partial charge in [0.2, 0.25) is 0 Å². The number of aliphatic hydroxyl groups excluding tert-OH is 1. The van der Waals surface area contributed by atoms with Crippen LogP contribution in [0.2, 0.25) is 0 Å². The van der Waals surface area contributed by atoms with Crippen molar-refractivity contribution in [3.63, 3.8) is 0 Å². The zero-order chi connectivity index (χ0) is 14.6. The van der Waals surface area contributed by atoms with E-state index in [4.69, 9.17) is 0 Å². The van der Waals surface area contributed by atoms with Crippen molar-refractivity contribution < 1.29 is 9.90 Å². The van der Waals surface area contributed by atoms with Crippen LogP contribution in [0.25, 0.3) is 0 Å². The fourth-order valence-corrected chi connectivity index (χ4v) is 3.12. The molecule has 2 aliphatic heterocycles. The van der Waals surface area contributed by atoms with Crippen LogP contribution in [0.3, 0.4) is 0 Å². The molecule has 112 valence electrons. The number of fused-ring (bicyclic) bond motifs is 3. The van der Waals surface area contributed by atoms with E-state index >= 15 is 0 Å². The molecule has 0 aromatic carbocycles. The van der Waals surface area contributed by atoms with Crippen LogP contribution in [0.4, 0.5) is 0 Å². The minimum atomic E-state index is -0.564. The summed E-state index contributed by atoms with van der Waals surface area (Å²) in [5.74, 6) is 0.145. The standard InChI is InChI=1S/C14H19N5O2/c1-18-14(21)12-9-6-15-5-4-10(9)17-19(12)7-11(16-18)13(20)8-2-3-8/h8,13,15,20H,2-7H2,1H3. The van der Waals surface area contributed by atoms with Gasteiger partial charge < -0.3 is 10.4 Å². The predicted molar refractivity (Wildman–Crippen MR) is 75.9 cm³/mol. The summed E-state index contributed by atoms with van der Waals surface area (Å²) in [6.07, 6.45) is 2.34. The van der Waals surface area contributed by atoms with Gasteiger partial charge in [0.1, 0.15) is 5.69 Å². The highest BCUT2D eigenvalue weighted by Gasteiger charge is 2.37. The fraction of sp³-hybridized carbons (Fsp3) is 0.643. The third kappa shape index (κ3) is 2.08. The van der Waals surface area contributed by atoms with Gasteiger partial charge in [-0.15, -0.1) is 0 Å². The molecule has 0 saturated heterocycles. The number of nitrogens with zero attached hydrogens (tertiary/aromatic N) is 4. The van der Waals surface area contributed by atoms with E-state index in [-0.39, 0.29) is 5.91 Å². The first kappa shape index (κ1) is 13.0. The third-order valence-electron chi connectivity index (χ3n) is 4.47. The molecule has 1 aromatic rings. The number of nitrogens with one attached hydrogen (secondary N) is 1. The lowest BCUT2D eigenvalue weighted by atomic mass is 10.1. The highest BCUT2D eigenvalue weighted by Crippen LogP contribution is 2.34. The monoisotopic (exact) mass is 289 g/mol. The van der Waals surface area contributed by atoms with Crippen molar-refractivity contribution in [2.75, 3.05) is 13.6 Å². The number of hydrogen-bond acceptors (Lipinski definition) is 5. The zero-order valence-corrected chi connectivity index (χ0v) is 12.0. The van der Waals surface area contributed by atoms with Crippen molar-refractivity contribution in [2.24, 2.45) is 11.0 Å². The molecule has 0 bridgehead atoms. The molecule has 1 unspecified atom stereocenters. The highest BCUT2D eigenvalue weighted by atomic mass is 16.3. The summed E-state index contributed by atoms with van der Waals surface area (Å²) in [6, 6.07) is 0. The van der Waals surface area contributed by atoms with Crippen LogP contribution in [0.1, 0.15) is 34.6 Å². The summed E-state index contributed by atoms with van der Waals surface area (Å²) in [5, 5.41) is 23.9. The van der Waals surface area contributed by atoms with E-state index in [2.05, 4.69) is 15.5 Å². The van der Waals surface area contributed by atoms with E-state index in [1.807, 2.05) is 0 Å². The maximum atomic E-state index is 12.6. The van der Waals surface area contributed by atoms with Crippen molar-refractivity contribution in [3.8, 4) is 0 Å². The first-order valence-electron chi connectivity index (χ1n) is 7.48. The molecule has 1 fully saturated rings. The molecule has 3 aliphatic rings. The van der Waals surface area contributed by atoms with Crippen molar-refractivity contribution in [1.82, 2.24) is 20.1 Å². The second-order valence-electron chi connectivity index (χ2n) is 6.06. The quantitative estimate of drug-likeness (QED) is 0.786. The molecule has 3 heterocycles. The van der Waals surface area contributed by atoms with Crippen molar-refractivity contribution >= 4 is 11.6 Å². The molecular formula is C14H19N5O2. The summed E-state index contributed by atoms with van der Waals surface area (Å²) < 4.78 is 1.73. The van der Waals surface area contributed by atoms with Gasteiger partial charge in [0.15, 0.2) is 0 Å². The molecule has 1 atom stereocenters. The van der Waals surface area contributed by atoms with Gasteiger partial charge in [0, 0.05) is 32.1 Å². The number of hydrazone groups is 1. The summed E-state index contributed by atoms with van der Waals surface area (Å²) in [4.78, 5) is 12.6. The van der Waals surface area contributed by atoms with Crippen molar-refractivity contribution in [2.45, 2.75) is 38.5 Å². The Labute approximate surface area is 122 Å². The average Bonchev–Trinajstić information content (AvgIpc) is 3.27. The first-order valence-corrected chi connectivity index (χ1v) is 7.48. The molecule has 1 aliphatic carbocycles. The number of aliphatic hydroxyl groups is 1. The Morgan fingerprint density at radius 3 is 3.00 bits per heavy atom. The number of carbonyl (C=O) groups is 1. The number of rotatable bonds is 2. The van der Waals surface area contributed by atoms with E-state index in [1.165, 1.54) is 5.01 Å². The fourth-order valence-electron chi connectivity index (χ4n) is 3.12. The van der Waals surface area contributed by atoms with Crippen LogP contribution in [-0.2, 0) is 19.5 Å². The van der Waals surface area contributed by atoms with Gasteiger partial charge in [0.25, 0.3) is 5.91 Å². The average molecular weight is 289 g/mol. The number of aromatic nitrogens is 2. The van der Waals surface area contributed by atoms with Crippen LogP contribution in [0, 0.1) is 5.92 Å². The number of hydrogen-bond donors (Lipinski definition) is 2. The molecule has 0 spiro atoms. The lowest BCUT2D eigenvalue weighted by Crippen LogP contribution is -2.29. The molecule has 4 rings (SSSR count). The topological polar surface area (TPSA) is 82.8 Å². The second kappa shape index (κ2) is 4.64.